The summed E-state index contributed by atoms with van der Waals surface area (Å²) < 4.78 is 1.47. The van der Waals surface area contributed by atoms with Crippen molar-refractivity contribution in [1.29, 1.82) is 0 Å². The largest absolute Gasteiger partial charge is 0.319 e. The van der Waals surface area contributed by atoms with Crippen LogP contribution in [0.5, 0.6) is 0 Å². The van der Waals surface area contributed by atoms with Crippen LogP contribution in [0.4, 0.5) is 0 Å². The average molecular weight is 168 g/mol. The molecular formula is C11H22N+. The summed E-state index contributed by atoms with van der Waals surface area (Å²) in [7, 11) is 0. The van der Waals surface area contributed by atoms with Crippen molar-refractivity contribution in [3.05, 3.63) is 0 Å². The van der Waals surface area contributed by atoms with Crippen LogP contribution >= 0.6 is 0 Å². The topological polar surface area (TPSA) is 0 Å². The predicted octanol–water partition coefficient (Wildman–Crippen LogP) is 2.56. The molecule has 1 spiro atoms. The van der Waals surface area contributed by atoms with Gasteiger partial charge in [-0.05, 0) is 33.1 Å². The summed E-state index contributed by atoms with van der Waals surface area (Å²) >= 11 is 0. The second kappa shape index (κ2) is 3.02. The van der Waals surface area contributed by atoms with Gasteiger partial charge in [0.2, 0.25) is 0 Å². The molecule has 1 heteroatoms. The van der Waals surface area contributed by atoms with E-state index in [1.54, 1.807) is 0 Å². The van der Waals surface area contributed by atoms with Crippen molar-refractivity contribution in [3.8, 4) is 0 Å². The molecule has 2 atom stereocenters. The fraction of sp³-hybridized carbons (Fsp3) is 1.00. The summed E-state index contributed by atoms with van der Waals surface area (Å²) in [6.07, 6.45) is 7.39. The Hall–Kier alpha value is -0.0400. The fourth-order valence-corrected chi connectivity index (χ4v) is 3.46. The molecule has 0 aromatic carbocycles. The smallest absolute Gasteiger partial charge is 0.0863 e. The van der Waals surface area contributed by atoms with E-state index in [9.17, 15) is 0 Å². The molecule has 0 saturated carbocycles. The first-order valence-electron chi connectivity index (χ1n) is 5.62. The van der Waals surface area contributed by atoms with Crippen LogP contribution in [-0.4, -0.2) is 29.7 Å². The lowest BCUT2D eigenvalue weighted by Gasteiger charge is -2.48. The maximum absolute atomic E-state index is 2.47. The SMILES string of the molecule is CC1CCCC(C)[N+]12CCCC2. The third-order valence-electron chi connectivity index (χ3n) is 4.40. The molecule has 0 aromatic rings. The molecule has 2 saturated heterocycles. The zero-order valence-electron chi connectivity index (χ0n) is 8.55. The third-order valence-corrected chi connectivity index (χ3v) is 4.40. The number of rotatable bonds is 0. The summed E-state index contributed by atoms with van der Waals surface area (Å²) in [6, 6.07) is 1.91. The first-order chi connectivity index (χ1) is 5.76. The molecule has 0 aromatic heterocycles. The van der Waals surface area contributed by atoms with E-state index in [-0.39, 0.29) is 0 Å². The number of nitrogens with zero attached hydrogens (tertiary/aromatic N) is 1. The number of piperidine rings is 1. The molecule has 2 aliphatic heterocycles. The number of hydrogen-bond donors (Lipinski definition) is 0. The van der Waals surface area contributed by atoms with Crippen molar-refractivity contribution in [2.75, 3.05) is 13.1 Å². The minimum atomic E-state index is 0.955. The van der Waals surface area contributed by atoms with Gasteiger partial charge in [0.25, 0.3) is 0 Å². The lowest BCUT2D eigenvalue weighted by molar-refractivity contribution is -0.964. The molecule has 2 aliphatic rings. The Balaban J connectivity index is 2.16. The second-order valence-electron chi connectivity index (χ2n) is 4.89. The summed E-state index contributed by atoms with van der Waals surface area (Å²) in [4.78, 5) is 0. The van der Waals surface area contributed by atoms with Crippen LogP contribution in [0.1, 0.15) is 46.0 Å². The molecule has 2 rings (SSSR count). The lowest BCUT2D eigenvalue weighted by atomic mass is 9.94. The highest BCUT2D eigenvalue weighted by atomic mass is 15.4. The molecule has 0 amide bonds. The van der Waals surface area contributed by atoms with Gasteiger partial charge in [0.15, 0.2) is 0 Å². The van der Waals surface area contributed by atoms with Gasteiger partial charge in [0.05, 0.1) is 25.2 Å². The molecule has 0 bridgehead atoms. The predicted molar refractivity (Wildman–Crippen MR) is 52.0 cm³/mol. The standard InChI is InChI=1S/C11H22N/c1-10-6-5-7-11(2)12(10)8-3-4-9-12/h10-11H,3-9H2,1-2H3/q+1. The van der Waals surface area contributed by atoms with Crippen LogP contribution in [0, 0.1) is 0 Å². The van der Waals surface area contributed by atoms with Gasteiger partial charge in [-0.1, -0.05) is 0 Å². The van der Waals surface area contributed by atoms with Gasteiger partial charge in [-0.15, -0.1) is 0 Å². The summed E-state index contributed by atoms with van der Waals surface area (Å²) in [5.41, 5.74) is 0. The quantitative estimate of drug-likeness (QED) is 0.488. The summed E-state index contributed by atoms with van der Waals surface area (Å²) in [6.45, 7) is 7.90. The molecule has 2 unspecified atom stereocenters. The molecular weight excluding hydrogens is 146 g/mol. The molecule has 12 heavy (non-hydrogen) atoms. The van der Waals surface area contributed by atoms with Gasteiger partial charge >= 0.3 is 0 Å². The molecule has 2 fully saturated rings. The van der Waals surface area contributed by atoms with Crippen molar-refractivity contribution in [2.24, 2.45) is 0 Å². The first-order valence-corrected chi connectivity index (χ1v) is 5.62. The molecule has 70 valence electrons. The van der Waals surface area contributed by atoms with Gasteiger partial charge in [0, 0.05) is 12.8 Å². The molecule has 2 heterocycles. The van der Waals surface area contributed by atoms with Crippen LogP contribution in [0.3, 0.4) is 0 Å². The van der Waals surface area contributed by atoms with Gasteiger partial charge < -0.3 is 4.48 Å². The van der Waals surface area contributed by atoms with Crippen LogP contribution in [-0.2, 0) is 0 Å². The molecule has 0 aliphatic carbocycles. The summed E-state index contributed by atoms with van der Waals surface area (Å²) in [5.74, 6) is 0. The highest BCUT2D eigenvalue weighted by Gasteiger charge is 2.43. The number of hydrogen-bond acceptors (Lipinski definition) is 0. The minimum Gasteiger partial charge on any atom is -0.319 e. The van der Waals surface area contributed by atoms with Crippen molar-refractivity contribution < 1.29 is 4.48 Å². The lowest BCUT2D eigenvalue weighted by Crippen LogP contribution is -2.59. The Kier molecular flexibility index (Phi) is 2.16. The zero-order chi connectivity index (χ0) is 8.60. The van der Waals surface area contributed by atoms with Crippen molar-refractivity contribution in [3.63, 3.8) is 0 Å². The van der Waals surface area contributed by atoms with Crippen LogP contribution in [0.2, 0.25) is 0 Å². The Morgan fingerprint density at radius 3 is 1.83 bits per heavy atom. The Morgan fingerprint density at radius 2 is 1.33 bits per heavy atom. The Bertz CT molecular complexity index is 146. The zero-order valence-corrected chi connectivity index (χ0v) is 8.55. The monoisotopic (exact) mass is 168 g/mol. The van der Waals surface area contributed by atoms with Crippen LogP contribution < -0.4 is 0 Å². The van der Waals surface area contributed by atoms with Crippen molar-refractivity contribution in [2.45, 2.75) is 58.0 Å². The fourth-order valence-electron chi connectivity index (χ4n) is 3.46. The third kappa shape index (κ3) is 1.10. The van der Waals surface area contributed by atoms with E-state index in [1.807, 2.05) is 0 Å². The maximum Gasteiger partial charge on any atom is 0.0863 e. The highest BCUT2D eigenvalue weighted by molar-refractivity contribution is 4.71. The van der Waals surface area contributed by atoms with Gasteiger partial charge in [-0.2, -0.15) is 0 Å². The molecule has 0 N–H and O–H groups in total. The Labute approximate surface area is 76.3 Å². The van der Waals surface area contributed by atoms with Gasteiger partial charge in [-0.3, -0.25) is 0 Å². The second-order valence-corrected chi connectivity index (χ2v) is 4.89. The van der Waals surface area contributed by atoms with Crippen LogP contribution in [0.15, 0.2) is 0 Å². The molecule has 1 nitrogen and oxygen atoms in total. The molecule has 0 radical (unpaired) electrons. The normalized spacial score (nSPS) is 40.5. The highest BCUT2D eigenvalue weighted by Crippen LogP contribution is 2.35. The minimum absolute atomic E-state index is 0.955. The van der Waals surface area contributed by atoms with Gasteiger partial charge in [-0.25, -0.2) is 0 Å². The summed E-state index contributed by atoms with van der Waals surface area (Å²) in [5, 5.41) is 0. The maximum atomic E-state index is 2.47. The Morgan fingerprint density at radius 1 is 0.833 bits per heavy atom. The van der Waals surface area contributed by atoms with Crippen molar-refractivity contribution in [1.82, 2.24) is 0 Å². The van der Waals surface area contributed by atoms with E-state index in [0.29, 0.717) is 0 Å². The van der Waals surface area contributed by atoms with E-state index in [4.69, 9.17) is 0 Å². The van der Waals surface area contributed by atoms with Crippen LogP contribution in [0.25, 0.3) is 0 Å². The average Bonchev–Trinajstić information content (AvgIpc) is 2.50. The van der Waals surface area contributed by atoms with Gasteiger partial charge in [0.1, 0.15) is 0 Å². The van der Waals surface area contributed by atoms with E-state index in [0.717, 1.165) is 12.1 Å². The first kappa shape index (κ1) is 8.55. The van der Waals surface area contributed by atoms with E-state index in [1.165, 1.54) is 49.7 Å². The van der Waals surface area contributed by atoms with Crippen molar-refractivity contribution >= 4 is 0 Å². The van der Waals surface area contributed by atoms with E-state index in [2.05, 4.69) is 13.8 Å². The van der Waals surface area contributed by atoms with E-state index >= 15 is 0 Å². The number of quaternary nitrogens is 1. The van der Waals surface area contributed by atoms with E-state index < -0.39 is 0 Å².